The maximum atomic E-state index is 12.5. The van der Waals surface area contributed by atoms with E-state index in [2.05, 4.69) is 53.5 Å². The highest BCUT2D eigenvalue weighted by Crippen LogP contribution is 2.18. The van der Waals surface area contributed by atoms with Gasteiger partial charge in [-0.05, 0) is 55.3 Å². The van der Waals surface area contributed by atoms with E-state index in [1.54, 1.807) is 7.11 Å². The van der Waals surface area contributed by atoms with Crippen molar-refractivity contribution >= 4 is 11.6 Å². The van der Waals surface area contributed by atoms with Crippen LogP contribution >= 0.6 is 0 Å². The van der Waals surface area contributed by atoms with Crippen LogP contribution < -0.4 is 15.0 Å². The summed E-state index contributed by atoms with van der Waals surface area (Å²) in [5.41, 5.74) is 3.77. The minimum Gasteiger partial charge on any atom is -0.497 e. The Kier molecular flexibility index (Phi) is 7.31. The Hall–Kier alpha value is -2.53. The summed E-state index contributed by atoms with van der Waals surface area (Å²) in [6.45, 7) is 7.11. The number of methoxy groups -OCH3 is 1. The SMILES string of the molecule is COc1cccc(CCNCCC(=O)N2CCN(c3cccc(C)c3)CC2)c1. The van der Waals surface area contributed by atoms with Crippen molar-refractivity contribution in [1.29, 1.82) is 0 Å². The molecule has 1 aliphatic rings. The fraction of sp³-hybridized carbons (Fsp3) is 0.435. The molecule has 2 aromatic rings. The molecule has 0 spiro atoms. The Morgan fingerprint density at radius 2 is 1.82 bits per heavy atom. The van der Waals surface area contributed by atoms with Gasteiger partial charge in [0.05, 0.1) is 7.11 Å². The summed E-state index contributed by atoms with van der Waals surface area (Å²) in [6, 6.07) is 16.7. The third kappa shape index (κ3) is 5.73. The lowest BCUT2D eigenvalue weighted by Gasteiger charge is -2.36. The first kappa shape index (κ1) is 20.2. The Balaban J connectivity index is 1.33. The number of anilines is 1. The number of carbonyl (C=O) groups is 1. The molecule has 1 fully saturated rings. The minimum atomic E-state index is 0.248. The van der Waals surface area contributed by atoms with Gasteiger partial charge in [0.2, 0.25) is 5.91 Å². The third-order valence-electron chi connectivity index (χ3n) is 5.24. The predicted molar refractivity (Wildman–Crippen MR) is 114 cm³/mol. The van der Waals surface area contributed by atoms with Gasteiger partial charge in [-0.25, -0.2) is 0 Å². The fourth-order valence-corrected chi connectivity index (χ4v) is 3.58. The fourth-order valence-electron chi connectivity index (χ4n) is 3.58. The van der Waals surface area contributed by atoms with Crippen LogP contribution in [0.15, 0.2) is 48.5 Å². The van der Waals surface area contributed by atoms with Crippen molar-refractivity contribution in [3.8, 4) is 5.75 Å². The summed E-state index contributed by atoms with van der Waals surface area (Å²) in [7, 11) is 1.68. The smallest absolute Gasteiger partial charge is 0.223 e. The molecule has 0 bridgehead atoms. The molecule has 0 saturated carbocycles. The van der Waals surface area contributed by atoms with Gasteiger partial charge in [0.1, 0.15) is 5.75 Å². The monoisotopic (exact) mass is 381 g/mol. The molecule has 1 N–H and O–H groups in total. The van der Waals surface area contributed by atoms with E-state index in [0.717, 1.165) is 51.4 Å². The zero-order valence-corrected chi connectivity index (χ0v) is 17.0. The lowest BCUT2D eigenvalue weighted by atomic mass is 10.1. The topological polar surface area (TPSA) is 44.8 Å². The van der Waals surface area contributed by atoms with Crippen LogP contribution in [0.2, 0.25) is 0 Å². The van der Waals surface area contributed by atoms with E-state index in [4.69, 9.17) is 4.74 Å². The van der Waals surface area contributed by atoms with Crippen LogP contribution in [-0.2, 0) is 11.2 Å². The van der Waals surface area contributed by atoms with Crippen molar-refractivity contribution in [3.05, 3.63) is 59.7 Å². The normalized spacial score (nSPS) is 14.2. The molecule has 5 heteroatoms. The Morgan fingerprint density at radius 3 is 2.57 bits per heavy atom. The van der Waals surface area contributed by atoms with Gasteiger partial charge in [-0.1, -0.05) is 24.3 Å². The first-order chi connectivity index (χ1) is 13.7. The van der Waals surface area contributed by atoms with Crippen LogP contribution in [0.4, 0.5) is 5.69 Å². The highest BCUT2D eigenvalue weighted by Gasteiger charge is 2.20. The molecule has 0 aromatic heterocycles. The van der Waals surface area contributed by atoms with Crippen molar-refractivity contribution in [1.82, 2.24) is 10.2 Å². The van der Waals surface area contributed by atoms with Crippen molar-refractivity contribution in [2.75, 3.05) is 51.3 Å². The molecule has 0 atom stereocenters. The van der Waals surface area contributed by atoms with Gasteiger partial charge in [-0.2, -0.15) is 0 Å². The molecule has 1 saturated heterocycles. The lowest BCUT2D eigenvalue weighted by molar-refractivity contribution is -0.131. The highest BCUT2D eigenvalue weighted by atomic mass is 16.5. The second-order valence-electron chi connectivity index (χ2n) is 7.31. The van der Waals surface area contributed by atoms with Crippen LogP contribution in [-0.4, -0.2) is 57.2 Å². The van der Waals surface area contributed by atoms with Gasteiger partial charge in [-0.3, -0.25) is 4.79 Å². The third-order valence-corrected chi connectivity index (χ3v) is 5.24. The maximum absolute atomic E-state index is 12.5. The zero-order chi connectivity index (χ0) is 19.8. The number of nitrogens with one attached hydrogen (secondary N) is 1. The molecule has 0 aliphatic carbocycles. The molecule has 0 radical (unpaired) electrons. The Bertz CT molecular complexity index is 770. The summed E-state index contributed by atoms with van der Waals surface area (Å²) < 4.78 is 5.25. The van der Waals surface area contributed by atoms with Crippen molar-refractivity contribution in [3.63, 3.8) is 0 Å². The molecule has 2 aromatic carbocycles. The number of aryl methyl sites for hydroxylation is 1. The molecule has 1 heterocycles. The van der Waals surface area contributed by atoms with E-state index in [1.165, 1.54) is 16.8 Å². The van der Waals surface area contributed by atoms with E-state index in [9.17, 15) is 4.79 Å². The highest BCUT2D eigenvalue weighted by molar-refractivity contribution is 5.76. The van der Waals surface area contributed by atoms with E-state index < -0.39 is 0 Å². The van der Waals surface area contributed by atoms with Gasteiger partial charge in [0.25, 0.3) is 0 Å². The quantitative estimate of drug-likeness (QED) is 0.714. The van der Waals surface area contributed by atoms with E-state index in [0.29, 0.717) is 6.42 Å². The van der Waals surface area contributed by atoms with Gasteiger partial charge in [0.15, 0.2) is 0 Å². The van der Waals surface area contributed by atoms with Gasteiger partial charge in [0, 0.05) is 44.8 Å². The van der Waals surface area contributed by atoms with Crippen LogP contribution in [0.5, 0.6) is 5.75 Å². The standard InChI is InChI=1S/C23H31N3O2/c1-19-5-3-7-21(17-19)25-13-15-26(16-14-25)23(27)10-12-24-11-9-20-6-4-8-22(18-20)28-2/h3-8,17-18,24H,9-16H2,1-2H3. The summed E-state index contributed by atoms with van der Waals surface area (Å²) in [6.07, 6.45) is 1.49. The maximum Gasteiger partial charge on any atom is 0.223 e. The van der Waals surface area contributed by atoms with Gasteiger partial charge >= 0.3 is 0 Å². The molecular weight excluding hydrogens is 350 g/mol. The van der Waals surface area contributed by atoms with E-state index in [1.807, 2.05) is 17.0 Å². The number of hydrogen-bond acceptors (Lipinski definition) is 4. The zero-order valence-electron chi connectivity index (χ0n) is 17.0. The molecule has 5 nitrogen and oxygen atoms in total. The number of ether oxygens (including phenoxy) is 1. The Morgan fingerprint density at radius 1 is 1.04 bits per heavy atom. The number of hydrogen-bond donors (Lipinski definition) is 1. The number of nitrogens with zero attached hydrogens (tertiary/aromatic N) is 2. The average molecular weight is 382 g/mol. The summed E-state index contributed by atoms with van der Waals surface area (Å²) in [4.78, 5) is 16.8. The van der Waals surface area contributed by atoms with Crippen molar-refractivity contribution < 1.29 is 9.53 Å². The summed E-state index contributed by atoms with van der Waals surface area (Å²) in [5.74, 6) is 1.13. The van der Waals surface area contributed by atoms with Crippen molar-refractivity contribution in [2.24, 2.45) is 0 Å². The number of amides is 1. The van der Waals surface area contributed by atoms with Crippen LogP contribution in [0, 0.1) is 6.92 Å². The molecule has 0 unspecified atom stereocenters. The number of piperazine rings is 1. The van der Waals surface area contributed by atoms with Crippen LogP contribution in [0.3, 0.4) is 0 Å². The van der Waals surface area contributed by atoms with E-state index >= 15 is 0 Å². The molecule has 150 valence electrons. The molecular formula is C23H31N3O2. The van der Waals surface area contributed by atoms with Crippen LogP contribution in [0.1, 0.15) is 17.5 Å². The van der Waals surface area contributed by atoms with E-state index in [-0.39, 0.29) is 5.91 Å². The van der Waals surface area contributed by atoms with Gasteiger partial charge in [-0.15, -0.1) is 0 Å². The molecule has 1 aliphatic heterocycles. The summed E-state index contributed by atoms with van der Waals surface area (Å²) in [5, 5.41) is 3.38. The largest absolute Gasteiger partial charge is 0.497 e. The summed E-state index contributed by atoms with van der Waals surface area (Å²) >= 11 is 0. The number of carbonyl (C=O) groups excluding carboxylic acids is 1. The van der Waals surface area contributed by atoms with Gasteiger partial charge < -0.3 is 19.9 Å². The second-order valence-corrected chi connectivity index (χ2v) is 7.31. The second kappa shape index (κ2) is 10.1. The Labute approximate surface area is 168 Å². The molecule has 3 rings (SSSR count). The first-order valence-electron chi connectivity index (χ1n) is 10.1. The molecule has 1 amide bonds. The first-order valence-corrected chi connectivity index (χ1v) is 10.1. The lowest BCUT2D eigenvalue weighted by Crippen LogP contribution is -2.49. The minimum absolute atomic E-state index is 0.248. The number of benzene rings is 2. The molecule has 28 heavy (non-hydrogen) atoms. The number of rotatable bonds is 8. The predicted octanol–water partition coefficient (Wildman–Crippen LogP) is 2.87. The average Bonchev–Trinajstić information content (AvgIpc) is 2.73. The van der Waals surface area contributed by atoms with Crippen molar-refractivity contribution in [2.45, 2.75) is 19.8 Å². The van der Waals surface area contributed by atoms with Crippen LogP contribution in [0.25, 0.3) is 0 Å².